The van der Waals surface area contributed by atoms with Crippen molar-refractivity contribution in [3.63, 3.8) is 0 Å². The largest absolute Gasteiger partial charge is 0.477 e. The third-order valence-corrected chi connectivity index (χ3v) is 7.80. The standard InChI is InChI=1S/C19H22F2N4O3S2/c1-8-7-30-18-11(19(27)28)17(26)10-14(22)12(20)15(13(21)16(10)25(8)18)23-9-4-3-5-24(6-9)29-2/h8-9,23H,3-7,22H2,1-2H3,(H,27,28). The maximum atomic E-state index is 15.7. The molecule has 0 spiro atoms. The minimum atomic E-state index is -1.44. The molecule has 1 aromatic carbocycles. The van der Waals surface area contributed by atoms with Crippen LogP contribution in [0, 0.1) is 11.6 Å². The summed E-state index contributed by atoms with van der Waals surface area (Å²) in [4.78, 5) is 24.6. The van der Waals surface area contributed by atoms with Crippen molar-refractivity contribution in [3.8, 4) is 0 Å². The lowest BCUT2D eigenvalue weighted by atomic mass is 10.0. The van der Waals surface area contributed by atoms with E-state index >= 15 is 8.78 Å². The van der Waals surface area contributed by atoms with Crippen molar-refractivity contribution in [2.24, 2.45) is 0 Å². The number of carboxylic acids is 1. The molecule has 3 heterocycles. The van der Waals surface area contributed by atoms with Crippen LogP contribution in [0.4, 0.5) is 20.2 Å². The summed E-state index contributed by atoms with van der Waals surface area (Å²) < 4.78 is 34.4. The lowest BCUT2D eigenvalue weighted by Crippen LogP contribution is -2.39. The quantitative estimate of drug-likeness (QED) is 0.476. The van der Waals surface area contributed by atoms with Crippen LogP contribution in [0.1, 0.15) is 36.2 Å². The van der Waals surface area contributed by atoms with Gasteiger partial charge in [0.15, 0.2) is 11.6 Å². The molecule has 2 aliphatic rings. The monoisotopic (exact) mass is 456 g/mol. The van der Waals surface area contributed by atoms with E-state index in [-0.39, 0.29) is 28.3 Å². The van der Waals surface area contributed by atoms with Crippen LogP contribution in [0.3, 0.4) is 0 Å². The number of carbonyl (C=O) groups is 1. The first-order chi connectivity index (χ1) is 14.3. The summed E-state index contributed by atoms with van der Waals surface area (Å²) in [5, 5.41) is 12.3. The van der Waals surface area contributed by atoms with Gasteiger partial charge in [0.1, 0.15) is 11.3 Å². The van der Waals surface area contributed by atoms with Gasteiger partial charge in [-0.15, -0.1) is 11.8 Å². The molecule has 1 aromatic heterocycles. The van der Waals surface area contributed by atoms with E-state index in [0.29, 0.717) is 12.3 Å². The van der Waals surface area contributed by atoms with Crippen LogP contribution in [-0.4, -0.2) is 51.1 Å². The molecule has 2 unspecified atom stereocenters. The van der Waals surface area contributed by atoms with Crippen LogP contribution >= 0.6 is 23.7 Å². The molecule has 1 saturated heterocycles. The molecule has 0 bridgehead atoms. The zero-order valence-electron chi connectivity index (χ0n) is 16.5. The first-order valence-corrected chi connectivity index (χ1v) is 11.7. The first kappa shape index (κ1) is 21.3. The van der Waals surface area contributed by atoms with Crippen molar-refractivity contribution in [2.75, 3.05) is 36.1 Å². The van der Waals surface area contributed by atoms with Crippen LogP contribution in [0.2, 0.25) is 0 Å². The number of piperidine rings is 1. The van der Waals surface area contributed by atoms with Crippen LogP contribution in [-0.2, 0) is 0 Å². The van der Waals surface area contributed by atoms with Crippen molar-refractivity contribution in [1.82, 2.24) is 8.87 Å². The predicted molar refractivity (Wildman–Crippen MR) is 117 cm³/mol. The highest BCUT2D eigenvalue weighted by atomic mass is 32.2. The number of hydrogen-bond donors (Lipinski definition) is 3. The number of fused-ring (bicyclic) bond motifs is 3. The zero-order valence-corrected chi connectivity index (χ0v) is 18.1. The smallest absolute Gasteiger partial charge is 0.342 e. The predicted octanol–water partition coefficient (Wildman–Crippen LogP) is 3.38. The van der Waals surface area contributed by atoms with Gasteiger partial charge in [-0.3, -0.25) is 4.79 Å². The third kappa shape index (κ3) is 3.23. The molecule has 30 heavy (non-hydrogen) atoms. The van der Waals surface area contributed by atoms with E-state index < -0.39 is 39.7 Å². The van der Waals surface area contributed by atoms with Crippen molar-refractivity contribution in [3.05, 3.63) is 27.4 Å². The molecule has 0 radical (unpaired) electrons. The summed E-state index contributed by atoms with van der Waals surface area (Å²) in [5.41, 5.74) is 3.45. The van der Waals surface area contributed by atoms with Crippen molar-refractivity contribution in [1.29, 1.82) is 0 Å². The maximum absolute atomic E-state index is 15.7. The van der Waals surface area contributed by atoms with Gasteiger partial charge in [0.05, 0.1) is 21.6 Å². The first-order valence-electron chi connectivity index (χ1n) is 9.56. The van der Waals surface area contributed by atoms with Crippen molar-refractivity contribution >= 4 is 52.0 Å². The van der Waals surface area contributed by atoms with Crippen LogP contribution in [0.15, 0.2) is 9.82 Å². The minimum Gasteiger partial charge on any atom is -0.477 e. The molecule has 0 aliphatic carbocycles. The van der Waals surface area contributed by atoms with Gasteiger partial charge in [-0.05, 0) is 26.0 Å². The highest BCUT2D eigenvalue weighted by Gasteiger charge is 2.34. The number of halogens is 2. The third-order valence-electron chi connectivity index (χ3n) is 5.62. The van der Waals surface area contributed by atoms with Crippen LogP contribution < -0.4 is 16.5 Å². The number of rotatable bonds is 4. The fourth-order valence-electron chi connectivity index (χ4n) is 4.18. The molecule has 4 N–H and O–H groups in total. The number of nitrogens with zero attached hydrogens (tertiary/aromatic N) is 2. The Morgan fingerprint density at radius 1 is 1.37 bits per heavy atom. The van der Waals surface area contributed by atoms with Crippen LogP contribution in [0.25, 0.3) is 10.9 Å². The van der Waals surface area contributed by atoms with E-state index in [1.54, 1.807) is 18.9 Å². The van der Waals surface area contributed by atoms with Crippen LogP contribution in [0.5, 0.6) is 0 Å². The van der Waals surface area contributed by atoms with Gasteiger partial charge in [-0.2, -0.15) is 0 Å². The van der Waals surface area contributed by atoms with Gasteiger partial charge in [-0.1, -0.05) is 11.9 Å². The number of benzene rings is 1. The molecule has 2 aliphatic heterocycles. The summed E-state index contributed by atoms with van der Waals surface area (Å²) >= 11 is 2.75. The highest BCUT2D eigenvalue weighted by molar-refractivity contribution is 7.99. The van der Waals surface area contributed by atoms with Crippen molar-refractivity contribution in [2.45, 2.75) is 36.9 Å². The number of thioether (sulfide) groups is 1. The number of pyridine rings is 1. The van der Waals surface area contributed by atoms with Gasteiger partial charge in [0.25, 0.3) is 0 Å². The van der Waals surface area contributed by atoms with E-state index in [0.717, 1.165) is 19.4 Å². The van der Waals surface area contributed by atoms with E-state index in [9.17, 15) is 14.7 Å². The second-order valence-corrected chi connectivity index (χ2v) is 9.43. The topological polar surface area (TPSA) is 101 Å². The normalized spacial score (nSPS) is 21.7. The number of nitrogens with two attached hydrogens (primary N) is 1. The number of aromatic nitrogens is 1. The molecule has 162 valence electrons. The number of nitrogen functional groups attached to an aromatic ring is 1. The van der Waals surface area contributed by atoms with Gasteiger partial charge in [0.2, 0.25) is 5.43 Å². The van der Waals surface area contributed by atoms with E-state index in [4.69, 9.17) is 5.73 Å². The Balaban J connectivity index is 1.95. The fourth-order valence-corrected chi connectivity index (χ4v) is 6.10. The Hall–Kier alpha value is -1.98. The lowest BCUT2D eigenvalue weighted by molar-refractivity contribution is 0.0690. The second-order valence-electron chi connectivity index (χ2n) is 7.54. The Morgan fingerprint density at radius 3 is 2.77 bits per heavy atom. The second kappa shape index (κ2) is 7.93. The van der Waals surface area contributed by atoms with Gasteiger partial charge in [-0.25, -0.2) is 17.9 Å². The summed E-state index contributed by atoms with van der Waals surface area (Å²) in [6, 6.07) is -0.456. The van der Waals surface area contributed by atoms with E-state index in [1.807, 2.05) is 6.26 Å². The van der Waals surface area contributed by atoms with E-state index in [2.05, 4.69) is 9.62 Å². The Bertz CT molecular complexity index is 1110. The SMILES string of the molecule is CSN1CCCC(Nc2c(F)c(N)c3c(=O)c(C(=O)O)c4n(c3c2F)C(C)CS4)C1. The Kier molecular flexibility index (Phi) is 5.62. The van der Waals surface area contributed by atoms with E-state index in [1.165, 1.54) is 16.3 Å². The maximum Gasteiger partial charge on any atom is 0.342 e. The average molecular weight is 457 g/mol. The average Bonchev–Trinajstić information content (AvgIpc) is 3.09. The summed E-state index contributed by atoms with van der Waals surface area (Å²) in [6.07, 6.45) is 3.58. The molecular weight excluding hydrogens is 434 g/mol. The summed E-state index contributed by atoms with van der Waals surface area (Å²) in [5.74, 6) is -2.94. The minimum absolute atomic E-state index is 0.142. The van der Waals surface area contributed by atoms with Gasteiger partial charge < -0.3 is 20.7 Å². The molecule has 2 atom stereocenters. The number of hydrogen-bond acceptors (Lipinski definition) is 7. The molecule has 7 nitrogen and oxygen atoms in total. The number of anilines is 2. The molecular formula is C19H22F2N4O3S2. The molecule has 1 fully saturated rings. The molecule has 0 saturated carbocycles. The lowest BCUT2D eigenvalue weighted by Gasteiger charge is -2.32. The molecule has 2 aromatic rings. The number of aromatic carboxylic acids is 1. The number of nitrogens with one attached hydrogen (secondary N) is 1. The fraction of sp³-hybridized carbons (Fsp3) is 0.474. The number of carboxylic acid groups (broad SMARTS) is 1. The zero-order chi connectivity index (χ0) is 21.7. The van der Waals surface area contributed by atoms with Gasteiger partial charge in [0, 0.05) is 30.9 Å². The summed E-state index contributed by atoms with van der Waals surface area (Å²) in [6.45, 7) is 3.31. The van der Waals surface area contributed by atoms with Crippen molar-refractivity contribution < 1.29 is 18.7 Å². The summed E-state index contributed by atoms with van der Waals surface area (Å²) in [7, 11) is 0. The molecule has 11 heteroatoms. The highest BCUT2D eigenvalue weighted by Crippen LogP contribution is 2.42. The van der Waals surface area contributed by atoms with Gasteiger partial charge >= 0.3 is 5.97 Å². The molecule has 0 amide bonds. The Labute approximate surface area is 180 Å². The molecule has 4 rings (SSSR count). The Morgan fingerprint density at radius 2 is 2.10 bits per heavy atom.